The number of nitrogens with one attached hydrogen (secondary N) is 1. The number of para-hydroxylation sites is 1. The van der Waals surface area contributed by atoms with Gasteiger partial charge < -0.3 is 19.2 Å². The van der Waals surface area contributed by atoms with Gasteiger partial charge in [0, 0.05) is 42.8 Å². The Morgan fingerprint density at radius 2 is 1.72 bits per heavy atom. The van der Waals surface area contributed by atoms with Crippen molar-refractivity contribution in [2.24, 2.45) is 0 Å². The maximum Gasteiger partial charge on any atom is 0.257 e. The Hall–Kier alpha value is -3.80. The van der Waals surface area contributed by atoms with Crippen molar-refractivity contribution in [2.45, 2.75) is 25.4 Å². The zero-order chi connectivity index (χ0) is 21.9. The fourth-order valence-corrected chi connectivity index (χ4v) is 4.40. The second kappa shape index (κ2) is 8.75. The minimum atomic E-state index is -0.0624. The van der Waals surface area contributed by atoms with Crippen LogP contribution in [0.4, 0.5) is 0 Å². The molecule has 0 spiro atoms. The summed E-state index contributed by atoms with van der Waals surface area (Å²) in [6.45, 7) is 1.94. The molecule has 1 aliphatic heterocycles. The van der Waals surface area contributed by atoms with Crippen LogP contribution in [0.15, 0.2) is 83.8 Å². The van der Waals surface area contributed by atoms with Crippen LogP contribution in [0.1, 0.15) is 39.1 Å². The third kappa shape index (κ3) is 4.04. The number of fused-ring (bicyclic) bond motifs is 1. The molecule has 2 aromatic heterocycles. The van der Waals surface area contributed by atoms with Gasteiger partial charge >= 0.3 is 0 Å². The van der Waals surface area contributed by atoms with Crippen LogP contribution in [0.25, 0.3) is 10.9 Å². The molecule has 0 saturated carbocycles. The number of carbonyl (C=O) groups excluding carboxylic acids is 2. The second-order valence-electron chi connectivity index (χ2n) is 8.23. The van der Waals surface area contributed by atoms with Gasteiger partial charge in [0.25, 0.3) is 11.8 Å². The van der Waals surface area contributed by atoms with E-state index < -0.39 is 0 Å². The number of furan rings is 1. The van der Waals surface area contributed by atoms with Gasteiger partial charge in [-0.3, -0.25) is 9.59 Å². The molecule has 2 aromatic carbocycles. The van der Waals surface area contributed by atoms with E-state index in [1.807, 2.05) is 47.5 Å². The van der Waals surface area contributed by atoms with Crippen molar-refractivity contribution in [3.63, 3.8) is 0 Å². The van der Waals surface area contributed by atoms with E-state index in [-0.39, 0.29) is 17.9 Å². The summed E-state index contributed by atoms with van der Waals surface area (Å²) in [6.07, 6.45) is 6.40. The molecule has 5 rings (SSSR count). The number of likely N-dealkylation sites (tertiary alicyclic amines) is 1. The van der Waals surface area contributed by atoms with Gasteiger partial charge in [0.05, 0.1) is 17.4 Å². The van der Waals surface area contributed by atoms with Gasteiger partial charge in [-0.05, 0) is 30.5 Å². The molecule has 4 aromatic rings. The molecule has 0 unspecified atom stereocenters. The van der Waals surface area contributed by atoms with Crippen LogP contribution in [0.5, 0.6) is 0 Å². The van der Waals surface area contributed by atoms with Crippen molar-refractivity contribution >= 4 is 22.7 Å². The summed E-state index contributed by atoms with van der Waals surface area (Å²) in [5.41, 5.74) is 3.49. The summed E-state index contributed by atoms with van der Waals surface area (Å²) in [7, 11) is 0. The Kier molecular flexibility index (Phi) is 5.50. The van der Waals surface area contributed by atoms with E-state index in [4.69, 9.17) is 4.42 Å². The minimum absolute atomic E-state index is 0.0208. The van der Waals surface area contributed by atoms with E-state index in [1.165, 1.54) is 18.1 Å². The van der Waals surface area contributed by atoms with Crippen molar-refractivity contribution in [1.29, 1.82) is 0 Å². The number of nitrogens with zero attached hydrogens (tertiary/aromatic N) is 2. The number of benzene rings is 2. The Labute approximate surface area is 186 Å². The number of hydrogen-bond donors (Lipinski definition) is 1. The van der Waals surface area contributed by atoms with E-state index in [2.05, 4.69) is 28.1 Å². The molecule has 1 aliphatic rings. The van der Waals surface area contributed by atoms with E-state index in [9.17, 15) is 9.59 Å². The second-order valence-corrected chi connectivity index (χ2v) is 8.23. The van der Waals surface area contributed by atoms with E-state index in [1.54, 1.807) is 6.07 Å². The molecule has 162 valence electrons. The van der Waals surface area contributed by atoms with Gasteiger partial charge in [0.15, 0.2) is 0 Å². The fraction of sp³-hybridized carbons (Fsp3) is 0.231. The highest BCUT2D eigenvalue weighted by Gasteiger charge is 2.26. The van der Waals surface area contributed by atoms with Gasteiger partial charge in [0.1, 0.15) is 6.26 Å². The first kappa shape index (κ1) is 20.1. The predicted molar refractivity (Wildman–Crippen MR) is 123 cm³/mol. The van der Waals surface area contributed by atoms with Gasteiger partial charge in [-0.15, -0.1) is 0 Å². The van der Waals surface area contributed by atoms with Crippen LogP contribution >= 0.6 is 0 Å². The van der Waals surface area contributed by atoms with Crippen LogP contribution < -0.4 is 5.32 Å². The molecule has 0 bridgehead atoms. The highest BCUT2D eigenvalue weighted by Crippen LogP contribution is 2.23. The lowest BCUT2D eigenvalue weighted by molar-refractivity contribution is 0.0697. The maximum atomic E-state index is 13.2. The van der Waals surface area contributed by atoms with Gasteiger partial charge in [-0.25, -0.2) is 0 Å². The molecule has 0 aliphatic carbocycles. The summed E-state index contributed by atoms with van der Waals surface area (Å²) in [4.78, 5) is 27.5. The summed E-state index contributed by atoms with van der Waals surface area (Å²) >= 11 is 0. The van der Waals surface area contributed by atoms with Gasteiger partial charge in [0.2, 0.25) is 0 Å². The number of aromatic nitrogens is 1. The number of amides is 2. The summed E-state index contributed by atoms with van der Waals surface area (Å²) < 4.78 is 7.15. The zero-order valence-corrected chi connectivity index (χ0v) is 17.7. The van der Waals surface area contributed by atoms with Crippen LogP contribution in [0, 0.1) is 0 Å². The van der Waals surface area contributed by atoms with E-state index in [0.29, 0.717) is 30.8 Å². The van der Waals surface area contributed by atoms with Crippen molar-refractivity contribution in [1.82, 2.24) is 14.8 Å². The molecule has 0 radical (unpaired) electrons. The number of hydrogen-bond acceptors (Lipinski definition) is 3. The zero-order valence-electron chi connectivity index (χ0n) is 17.7. The van der Waals surface area contributed by atoms with Crippen molar-refractivity contribution < 1.29 is 14.0 Å². The third-order valence-corrected chi connectivity index (χ3v) is 6.11. The molecule has 6 heteroatoms. The molecule has 2 amide bonds. The van der Waals surface area contributed by atoms with Crippen LogP contribution in [-0.4, -0.2) is 40.4 Å². The third-order valence-electron chi connectivity index (χ3n) is 6.11. The average molecular weight is 428 g/mol. The fourth-order valence-electron chi connectivity index (χ4n) is 4.40. The highest BCUT2D eigenvalue weighted by atomic mass is 16.3. The van der Waals surface area contributed by atoms with Gasteiger partial charge in [-0.2, -0.15) is 0 Å². The van der Waals surface area contributed by atoms with Crippen molar-refractivity contribution in [3.05, 3.63) is 96.1 Å². The highest BCUT2D eigenvalue weighted by molar-refractivity contribution is 6.07. The normalized spacial score (nSPS) is 14.6. The molecule has 1 saturated heterocycles. The van der Waals surface area contributed by atoms with E-state index >= 15 is 0 Å². The molecule has 3 heterocycles. The molecule has 6 nitrogen and oxygen atoms in total. The van der Waals surface area contributed by atoms with Crippen LogP contribution in [-0.2, 0) is 6.54 Å². The maximum absolute atomic E-state index is 13.2. The minimum Gasteiger partial charge on any atom is -0.472 e. The lowest BCUT2D eigenvalue weighted by Crippen LogP contribution is -2.46. The van der Waals surface area contributed by atoms with Crippen LogP contribution in [0.2, 0.25) is 0 Å². The molecule has 32 heavy (non-hydrogen) atoms. The number of rotatable bonds is 5. The quantitative estimate of drug-likeness (QED) is 0.516. The Morgan fingerprint density at radius 3 is 2.47 bits per heavy atom. The average Bonchev–Trinajstić information content (AvgIpc) is 3.49. The number of piperidine rings is 1. The first-order chi connectivity index (χ1) is 15.7. The topological polar surface area (TPSA) is 67.5 Å². The molecule has 0 atom stereocenters. The SMILES string of the molecule is O=C(NC1CCN(C(=O)c2ccoc2)CC1)c1cn(Cc2ccccc2)c2ccccc12. The number of carbonyl (C=O) groups is 2. The molecule has 1 fully saturated rings. The Balaban J connectivity index is 1.28. The van der Waals surface area contributed by atoms with E-state index in [0.717, 1.165) is 23.7 Å². The monoisotopic (exact) mass is 427 g/mol. The Bertz CT molecular complexity index is 1220. The molecular weight excluding hydrogens is 402 g/mol. The first-order valence-corrected chi connectivity index (χ1v) is 10.9. The largest absolute Gasteiger partial charge is 0.472 e. The van der Waals surface area contributed by atoms with Crippen molar-refractivity contribution in [3.8, 4) is 0 Å². The standard InChI is InChI=1S/C26H25N3O3/c30-25(27-21-10-13-28(14-11-21)26(31)20-12-15-32-18-20)23-17-29(16-19-6-2-1-3-7-19)24-9-5-4-8-22(23)24/h1-9,12,15,17-18,21H,10-11,13-14,16H2,(H,27,30). The molecular formula is C26H25N3O3. The lowest BCUT2D eigenvalue weighted by atomic mass is 10.0. The summed E-state index contributed by atoms with van der Waals surface area (Å²) in [5.74, 6) is -0.0832. The summed E-state index contributed by atoms with van der Waals surface area (Å²) in [6, 6.07) is 20.0. The predicted octanol–water partition coefficient (Wildman–Crippen LogP) is 4.32. The molecule has 1 N–H and O–H groups in total. The van der Waals surface area contributed by atoms with Crippen LogP contribution in [0.3, 0.4) is 0 Å². The first-order valence-electron chi connectivity index (χ1n) is 10.9. The van der Waals surface area contributed by atoms with Gasteiger partial charge in [-0.1, -0.05) is 48.5 Å². The lowest BCUT2D eigenvalue weighted by Gasteiger charge is -2.32. The Morgan fingerprint density at radius 1 is 0.969 bits per heavy atom. The smallest absolute Gasteiger partial charge is 0.257 e. The van der Waals surface area contributed by atoms with Crippen molar-refractivity contribution in [2.75, 3.05) is 13.1 Å². The summed E-state index contributed by atoms with van der Waals surface area (Å²) in [5, 5.41) is 4.14.